The monoisotopic (exact) mass is 390 g/mol. The number of hydrogen-bond donors (Lipinski definition) is 3. The van der Waals surface area contributed by atoms with Gasteiger partial charge in [0.15, 0.2) is 5.75 Å². The number of carboxylic acid groups (broad SMARTS) is 1. The third-order valence-electron chi connectivity index (χ3n) is 4.19. The molecule has 142 valence electrons. The fourth-order valence-corrected chi connectivity index (χ4v) is 3.95. The van der Waals surface area contributed by atoms with Crippen LogP contribution in [0, 0.1) is 0 Å². The number of carboxylic acids is 1. The number of rotatable bonds is 5. The molecule has 3 rings (SSSR count). The van der Waals surface area contributed by atoms with Crippen LogP contribution in [0.3, 0.4) is 0 Å². The molecule has 0 aromatic heterocycles. The summed E-state index contributed by atoms with van der Waals surface area (Å²) in [4.78, 5) is 23.6. The Bertz CT molecular complexity index is 848. The van der Waals surface area contributed by atoms with Crippen LogP contribution in [0.25, 0.3) is 0 Å². The topological polar surface area (TPSA) is 118 Å². The Labute approximate surface area is 157 Å². The molecule has 8 nitrogen and oxygen atoms in total. The largest absolute Gasteiger partial charge is 0.600 e. The molecule has 2 aromatic carbocycles. The minimum absolute atomic E-state index is 0.132. The molecule has 2 unspecified atom stereocenters. The molecule has 0 saturated carbocycles. The summed E-state index contributed by atoms with van der Waals surface area (Å²) in [6, 6.07) is 15.4. The molecular formula is C18H21N3O5P+. The predicted molar refractivity (Wildman–Crippen MR) is 102 cm³/mol. The molecular weight excluding hydrogens is 369 g/mol. The molecule has 27 heavy (non-hydrogen) atoms. The number of carbonyl (C=O) groups is 1. The Morgan fingerprint density at radius 3 is 2.63 bits per heavy atom. The summed E-state index contributed by atoms with van der Waals surface area (Å²) in [5, 5.41) is 9.59. The lowest BCUT2D eigenvalue weighted by atomic mass is 10.1. The molecule has 1 heterocycles. The molecule has 0 radical (unpaired) electrons. The van der Waals surface area contributed by atoms with E-state index in [1.165, 1.54) is 11.9 Å². The van der Waals surface area contributed by atoms with Gasteiger partial charge in [-0.3, -0.25) is 4.52 Å². The first-order valence-electron chi connectivity index (χ1n) is 8.27. The van der Waals surface area contributed by atoms with Crippen molar-refractivity contribution < 1.29 is 23.8 Å². The number of benzene rings is 2. The Kier molecular flexibility index (Phi) is 5.60. The highest BCUT2D eigenvalue weighted by molar-refractivity contribution is 7.59. The van der Waals surface area contributed by atoms with Gasteiger partial charge < -0.3 is 15.7 Å². The number of nitrogens with zero attached hydrogens (tertiary/aromatic N) is 2. The molecule has 0 spiro atoms. The minimum atomic E-state index is -3.63. The molecule has 0 amide bonds. The van der Waals surface area contributed by atoms with E-state index < -0.39 is 20.1 Å². The van der Waals surface area contributed by atoms with Gasteiger partial charge in [-0.25, -0.2) is 4.79 Å². The van der Waals surface area contributed by atoms with E-state index in [9.17, 15) is 14.8 Å². The average molecular weight is 390 g/mol. The first-order valence-corrected chi connectivity index (χ1v) is 9.80. The second kappa shape index (κ2) is 7.92. The number of guanidine groups is 1. The maximum atomic E-state index is 11.7. The van der Waals surface area contributed by atoms with Gasteiger partial charge in [-0.15, -0.1) is 4.52 Å². The van der Waals surface area contributed by atoms with Crippen LogP contribution in [0.2, 0.25) is 0 Å². The lowest BCUT2D eigenvalue weighted by molar-refractivity contribution is -0.141. The van der Waals surface area contributed by atoms with Gasteiger partial charge in [0.05, 0.1) is 0 Å². The summed E-state index contributed by atoms with van der Waals surface area (Å²) in [6.07, 6.45) is 0.227. The van der Waals surface area contributed by atoms with E-state index in [1.54, 1.807) is 12.1 Å². The third kappa shape index (κ3) is 4.54. The normalized spacial score (nSPS) is 20.3. The summed E-state index contributed by atoms with van der Waals surface area (Å²) in [5.74, 6) is -0.757. The predicted octanol–water partition coefficient (Wildman–Crippen LogP) is 2.21. The number of fused-ring (bicyclic) bond motifs is 1. The van der Waals surface area contributed by atoms with Gasteiger partial charge in [0, 0.05) is 23.8 Å². The van der Waals surface area contributed by atoms with Crippen molar-refractivity contribution in [3.05, 3.63) is 65.7 Å². The number of nitrogens with two attached hydrogens (primary N) is 1. The van der Waals surface area contributed by atoms with Crippen molar-refractivity contribution in [3.8, 4) is 5.75 Å². The van der Waals surface area contributed by atoms with Gasteiger partial charge in [-0.05, 0) is 11.6 Å². The van der Waals surface area contributed by atoms with Gasteiger partial charge in [0.1, 0.15) is 12.6 Å². The maximum absolute atomic E-state index is 11.7. The molecule has 0 aliphatic carbocycles. The minimum Gasteiger partial charge on any atom is -0.480 e. The van der Waals surface area contributed by atoms with E-state index in [0.29, 0.717) is 5.75 Å². The zero-order valence-corrected chi connectivity index (χ0v) is 15.6. The van der Waals surface area contributed by atoms with Crippen molar-refractivity contribution in [2.24, 2.45) is 10.5 Å². The van der Waals surface area contributed by atoms with Crippen molar-refractivity contribution in [1.82, 2.24) is 4.90 Å². The van der Waals surface area contributed by atoms with Gasteiger partial charge in [-0.1, -0.05) is 48.5 Å². The molecule has 4 N–H and O–H groups in total. The number of hydrogen-bond acceptors (Lipinski definition) is 5. The fourth-order valence-electron chi connectivity index (χ4n) is 2.66. The van der Waals surface area contributed by atoms with E-state index in [0.717, 1.165) is 11.1 Å². The first kappa shape index (κ1) is 19.1. The lowest BCUT2D eigenvalue weighted by Crippen LogP contribution is -2.47. The Hall–Kier alpha value is -2.67. The highest BCUT2D eigenvalue weighted by Gasteiger charge is 2.49. The molecule has 0 fully saturated rings. The molecule has 1 aliphatic rings. The van der Waals surface area contributed by atoms with Gasteiger partial charge in [-0.2, -0.15) is 4.89 Å². The Morgan fingerprint density at radius 2 is 1.93 bits per heavy atom. The van der Waals surface area contributed by atoms with Crippen LogP contribution in [-0.2, 0) is 22.3 Å². The van der Waals surface area contributed by atoms with Crippen molar-refractivity contribution in [1.29, 1.82) is 0 Å². The molecule has 0 bridgehead atoms. The molecule has 2 atom stereocenters. The SMILES string of the molecule is CN(C(N)=N[P+]1(O)OCc2ccccc2O1)C(Cc1ccccc1)C(=O)O. The smallest absolute Gasteiger partial charge is 0.480 e. The molecule has 9 heteroatoms. The summed E-state index contributed by atoms with van der Waals surface area (Å²) in [5.41, 5.74) is 7.60. The number of para-hydroxylation sites is 1. The van der Waals surface area contributed by atoms with Crippen molar-refractivity contribution in [3.63, 3.8) is 0 Å². The highest BCUT2D eigenvalue weighted by atomic mass is 31.2. The first-order chi connectivity index (χ1) is 12.9. The van der Waals surface area contributed by atoms with E-state index >= 15 is 0 Å². The molecule has 0 saturated heterocycles. The lowest BCUT2D eigenvalue weighted by Gasteiger charge is -2.26. The van der Waals surface area contributed by atoms with Crippen LogP contribution >= 0.6 is 8.09 Å². The van der Waals surface area contributed by atoms with Crippen molar-refractivity contribution >= 4 is 20.0 Å². The fraction of sp³-hybridized carbons (Fsp3) is 0.222. The number of aliphatic carboxylic acids is 1. The number of likely N-dealkylation sites (N-methyl/N-ethyl adjacent to an activating group) is 1. The van der Waals surface area contributed by atoms with Gasteiger partial charge in [0.25, 0.3) is 0 Å². The van der Waals surface area contributed by atoms with E-state index in [1.807, 2.05) is 42.5 Å². The Balaban J connectivity index is 1.78. The van der Waals surface area contributed by atoms with Crippen LogP contribution in [-0.4, -0.2) is 39.9 Å². The van der Waals surface area contributed by atoms with Gasteiger partial charge in [0.2, 0.25) is 5.96 Å². The van der Waals surface area contributed by atoms with Crippen molar-refractivity contribution in [2.75, 3.05) is 7.05 Å². The van der Waals surface area contributed by atoms with Gasteiger partial charge >= 0.3 is 14.1 Å². The quantitative estimate of drug-likeness (QED) is 0.407. The summed E-state index contributed by atoms with van der Waals surface area (Å²) < 4.78 is 14.9. The third-order valence-corrected chi connectivity index (χ3v) is 5.55. The maximum Gasteiger partial charge on any atom is 0.600 e. The summed E-state index contributed by atoms with van der Waals surface area (Å²) in [6.45, 7) is 0.132. The Morgan fingerprint density at radius 1 is 1.26 bits per heavy atom. The molecule has 2 aromatic rings. The highest BCUT2D eigenvalue weighted by Crippen LogP contribution is 2.61. The second-order valence-electron chi connectivity index (χ2n) is 6.08. The van der Waals surface area contributed by atoms with Crippen LogP contribution < -0.4 is 10.3 Å². The summed E-state index contributed by atoms with van der Waals surface area (Å²) in [7, 11) is -2.13. The van der Waals surface area contributed by atoms with Crippen LogP contribution in [0.15, 0.2) is 59.4 Å². The molecule has 1 aliphatic heterocycles. The van der Waals surface area contributed by atoms with E-state index in [-0.39, 0.29) is 19.0 Å². The van der Waals surface area contributed by atoms with Crippen LogP contribution in [0.1, 0.15) is 11.1 Å². The van der Waals surface area contributed by atoms with Crippen LogP contribution in [0.5, 0.6) is 5.75 Å². The zero-order chi connectivity index (χ0) is 19.4. The van der Waals surface area contributed by atoms with E-state index in [4.69, 9.17) is 14.8 Å². The van der Waals surface area contributed by atoms with Crippen LogP contribution in [0.4, 0.5) is 0 Å². The average Bonchev–Trinajstić information content (AvgIpc) is 2.65. The zero-order valence-electron chi connectivity index (χ0n) is 14.7. The standard InChI is InChI=1S/C18H20N3O5P/c1-21(15(17(22)23)11-13-7-3-2-4-8-13)18(19)20-27(24)25-12-14-9-5-6-10-16(14)26-27/h2-10,15,24H,11-12H2,1H3,(H2-,19,20,22,23)/p+1. The summed E-state index contributed by atoms with van der Waals surface area (Å²) >= 11 is 0. The second-order valence-corrected chi connectivity index (χ2v) is 7.70. The van der Waals surface area contributed by atoms with E-state index in [2.05, 4.69) is 4.76 Å². The van der Waals surface area contributed by atoms with Crippen molar-refractivity contribution in [2.45, 2.75) is 19.1 Å².